The highest BCUT2D eigenvalue weighted by Crippen LogP contribution is 2.22. The van der Waals surface area contributed by atoms with Crippen molar-refractivity contribution in [3.63, 3.8) is 0 Å². The van der Waals surface area contributed by atoms with E-state index in [4.69, 9.17) is 10.8 Å². The molecule has 16 heavy (non-hydrogen) atoms. The molecule has 1 aliphatic carbocycles. The van der Waals surface area contributed by atoms with Crippen LogP contribution in [0.25, 0.3) is 0 Å². The molecule has 1 atom stereocenters. The number of carbonyl (C=O) groups is 1. The zero-order chi connectivity index (χ0) is 12.1. The molecule has 0 unspecified atom stereocenters. The van der Waals surface area contributed by atoms with Crippen LogP contribution in [0.5, 0.6) is 0 Å². The minimum atomic E-state index is -0.814. The second kappa shape index (κ2) is 5.85. The Morgan fingerprint density at radius 2 is 2.06 bits per heavy atom. The first-order chi connectivity index (χ1) is 7.50. The zero-order valence-corrected chi connectivity index (χ0v) is 10.1. The van der Waals surface area contributed by atoms with Crippen molar-refractivity contribution in [2.45, 2.75) is 45.6 Å². The van der Waals surface area contributed by atoms with Gasteiger partial charge in [0.15, 0.2) is 0 Å². The lowest BCUT2D eigenvalue weighted by Crippen LogP contribution is -2.24. The van der Waals surface area contributed by atoms with E-state index in [9.17, 15) is 4.79 Å². The van der Waals surface area contributed by atoms with Gasteiger partial charge in [0.05, 0.1) is 0 Å². The molecular formula is C13H21NO2. The van der Waals surface area contributed by atoms with Crippen molar-refractivity contribution >= 4 is 5.97 Å². The molecule has 3 nitrogen and oxygen atoms in total. The van der Waals surface area contributed by atoms with Crippen LogP contribution in [0.1, 0.15) is 39.5 Å². The summed E-state index contributed by atoms with van der Waals surface area (Å²) in [5.41, 5.74) is 7.75. The van der Waals surface area contributed by atoms with Gasteiger partial charge in [-0.25, -0.2) is 4.79 Å². The van der Waals surface area contributed by atoms with E-state index in [0.717, 1.165) is 19.3 Å². The molecule has 0 fully saturated rings. The highest BCUT2D eigenvalue weighted by Gasteiger charge is 2.16. The van der Waals surface area contributed by atoms with Gasteiger partial charge in [-0.3, -0.25) is 0 Å². The van der Waals surface area contributed by atoms with Crippen LogP contribution in [-0.4, -0.2) is 17.1 Å². The molecule has 0 bridgehead atoms. The third kappa shape index (κ3) is 3.81. The predicted molar refractivity (Wildman–Crippen MR) is 65.1 cm³/mol. The van der Waals surface area contributed by atoms with Crippen LogP contribution < -0.4 is 5.73 Å². The number of rotatable bonds is 5. The average molecular weight is 223 g/mol. The molecule has 0 amide bonds. The van der Waals surface area contributed by atoms with Gasteiger partial charge in [0.25, 0.3) is 0 Å². The van der Waals surface area contributed by atoms with Crippen molar-refractivity contribution in [3.8, 4) is 0 Å². The lowest BCUT2D eigenvalue weighted by molar-refractivity contribution is -0.132. The molecule has 0 aromatic carbocycles. The van der Waals surface area contributed by atoms with E-state index in [1.54, 1.807) is 6.08 Å². The Labute approximate surface area is 97.0 Å². The maximum atomic E-state index is 10.7. The molecule has 0 aromatic rings. The number of allylic oxidation sites excluding steroid dienone is 2. The first-order valence-electron chi connectivity index (χ1n) is 5.89. The lowest BCUT2D eigenvalue weighted by atomic mass is 9.90. The summed E-state index contributed by atoms with van der Waals surface area (Å²) in [7, 11) is 0. The smallest absolute Gasteiger partial charge is 0.331 e. The zero-order valence-electron chi connectivity index (χ0n) is 10.1. The molecular weight excluding hydrogens is 202 g/mol. The molecule has 0 spiro atoms. The van der Waals surface area contributed by atoms with Crippen LogP contribution in [0, 0.1) is 5.92 Å². The van der Waals surface area contributed by atoms with Crippen molar-refractivity contribution in [1.82, 2.24) is 0 Å². The monoisotopic (exact) mass is 223 g/mol. The number of hydrogen-bond acceptors (Lipinski definition) is 2. The maximum Gasteiger partial charge on any atom is 0.331 e. The van der Waals surface area contributed by atoms with Gasteiger partial charge in [-0.15, -0.1) is 0 Å². The van der Waals surface area contributed by atoms with Gasteiger partial charge in [-0.2, -0.15) is 0 Å². The summed E-state index contributed by atoms with van der Waals surface area (Å²) in [6.07, 6.45) is 7.08. The van der Waals surface area contributed by atoms with Gasteiger partial charge in [0.1, 0.15) is 0 Å². The number of carboxylic acid groups (broad SMARTS) is 1. The van der Waals surface area contributed by atoms with Crippen LogP contribution in [0.3, 0.4) is 0 Å². The van der Waals surface area contributed by atoms with Crippen molar-refractivity contribution in [3.05, 3.63) is 23.3 Å². The quantitative estimate of drug-likeness (QED) is 0.752. The first-order valence-corrected chi connectivity index (χ1v) is 5.89. The molecule has 0 aromatic heterocycles. The van der Waals surface area contributed by atoms with E-state index < -0.39 is 5.97 Å². The van der Waals surface area contributed by atoms with Gasteiger partial charge in [-0.1, -0.05) is 31.6 Å². The Hall–Kier alpha value is -1.09. The molecule has 0 radical (unpaired) electrons. The number of carboxylic acids is 1. The second-order valence-electron chi connectivity index (χ2n) is 4.82. The van der Waals surface area contributed by atoms with E-state index >= 15 is 0 Å². The van der Waals surface area contributed by atoms with Gasteiger partial charge >= 0.3 is 5.97 Å². The third-order valence-corrected chi connectivity index (χ3v) is 2.99. The maximum absolute atomic E-state index is 10.7. The number of nitrogens with two attached hydrogens (primary N) is 1. The SMILES string of the molecule is CC(C)CC[C@@H](N)C1=CC=C(C(=O)O)CC1. The lowest BCUT2D eigenvalue weighted by Gasteiger charge is -2.19. The van der Waals surface area contributed by atoms with Crippen molar-refractivity contribution in [1.29, 1.82) is 0 Å². The molecule has 1 rings (SSSR count). The molecule has 0 saturated carbocycles. The van der Waals surface area contributed by atoms with Crippen LogP contribution in [0.2, 0.25) is 0 Å². The molecule has 0 heterocycles. The van der Waals surface area contributed by atoms with Crippen LogP contribution in [-0.2, 0) is 4.79 Å². The topological polar surface area (TPSA) is 63.3 Å². The summed E-state index contributed by atoms with van der Waals surface area (Å²) in [6, 6.07) is 0.0917. The number of hydrogen-bond donors (Lipinski definition) is 2. The fraction of sp³-hybridized carbons (Fsp3) is 0.615. The molecule has 1 aliphatic rings. The largest absolute Gasteiger partial charge is 0.478 e. The fourth-order valence-corrected chi connectivity index (χ4v) is 1.84. The predicted octanol–water partition coefficient (Wildman–Crippen LogP) is 2.48. The van der Waals surface area contributed by atoms with E-state index in [1.165, 1.54) is 5.57 Å². The van der Waals surface area contributed by atoms with Gasteiger partial charge in [0, 0.05) is 11.6 Å². The van der Waals surface area contributed by atoms with E-state index in [0.29, 0.717) is 17.9 Å². The first kappa shape index (κ1) is 13.0. The molecule has 3 N–H and O–H groups in total. The second-order valence-corrected chi connectivity index (χ2v) is 4.82. The summed E-state index contributed by atoms with van der Waals surface area (Å²) in [5.74, 6) is -0.147. The molecule has 90 valence electrons. The van der Waals surface area contributed by atoms with Crippen molar-refractivity contribution in [2.75, 3.05) is 0 Å². The van der Waals surface area contributed by atoms with E-state index in [1.807, 2.05) is 6.08 Å². The van der Waals surface area contributed by atoms with Crippen molar-refractivity contribution in [2.24, 2.45) is 11.7 Å². The summed E-state index contributed by atoms with van der Waals surface area (Å²) >= 11 is 0. The van der Waals surface area contributed by atoms with Gasteiger partial charge < -0.3 is 10.8 Å². The van der Waals surface area contributed by atoms with E-state index in [-0.39, 0.29) is 6.04 Å². The minimum Gasteiger partial charge on any atom is -0.478 e. The minimum absolute atomic E-state index is 0.0917. The third-order valence-electron chi connectivity index (χ3n) is 2.99. The Balaban J connectivity index is 2.53. The normalized spacial score (nSPS) is 18.0. The summed E-state index contributed by atoms with van der Waals surface area (Å²) in [5, 5.41) is 8.81. The standard InChI is InChI=1S/C13H21NO2/c1-9(2)3-8-12(14)10-4-6-11(7-5-10)13(15)16/h4,6,9,12H,3,5,7-8,14H2,1-2H3,(H,15,16)/t12-/m1/s1. The van der Waals surface area contributed by atoms with Crippen LogP contribution in [0.4, 0.5) is 0 Å². The number of aliphatic carboxylic acids is 1. The fourth-order valence-electron chi connectivity index (χ4n) is 1.84. The Kier molecular flexibility index (Phi) is 4.74. The van der Waals surface area contributed by atoms with Crippen molar-refractivity contribution < 1.29 is 9.90 Å². The van der Waals surface area contributed by atoms with Gasteiger partial charge in [-0.05, 0) is 31.6 Å². The Morgan fingerprint density at radius 1 is 1.38 bits per heavy atom. The molecule has 0 aliphatic heterocycles. The highest BCUT2D eigenvalue weighted by atomic mass is 16.4. The van der Waals surface area contributed by atoms with Crippen LogP contribution in [0.15, 0.2) is 23.3 Å². The van der Waals surface area contributed by atoms with Crippen LogP contribution >= 0.6 is 0 Å². The Morgan fingerprint density at radius 3 is 2.50 bits per heavy atom. The Bertz CT molecular complexity index is 316. The molecule has 3 heteroatoms. The summed E-state index contributed by atoms with van der Waals surface area (Å²) < 4.78 is 0. The van der Waals surface area contributed by atoms with Gasteiger partial charge in [0.2, 0.25) is 0 Å². The summed E-state index contributed by atoms with van der Waals surface area (Å²) in [6.45, 7) is 4.37. The average Bonchev–Trinajstić information content (AvgIpc) is 2.26. The summed E-state index contributed by atoms with van der Waals surface area (Å²) in [4.78, 5) is 10.7. The highest BCUT2D eigenvalue weighted by molar-refractivity contribution is 5.87. The molecule has 0 saturated heterocycles. The van der Waals surface area contributed by atoms with E-state index in [2.05, 4.69) is 13.8 Å².